The molecular formula is C23H28N2O4S. The maximum absolute atomic E-state index is 5.73. The van der Waals surface area contributed by atoms with Crippen LogP contribution in [0.2, 0.25) is 0 Å². The zero-order chi connectivity index (χ0) is 20.4. The first-order chi connectivity index (χ1) is 14.9. The first-order valence-electron chi connectivity index (χ1n) is 10.4. The molecule has 0 spiro atoms. The van der Waals surface area contributed by atoms with Crippen molar-refractivity contribution < 1.29 is 18.9 Å². The molecule has 30 heavy (non-hydrogen) atoms. The third-order valence-electron chi connectivity index (χ3n) is 4.90. The lowest BCUT2D eigenvalue weighted by molar-refractivity contribution is 0.00206. The summed E-state index contributed by atoms with van der Waals surface area (Å²) in [6.07, 6.45) is 0. The van der Waals surface area contributed by atoms with Crippen molar-refractivity contribution in [2.75, 3.05) is 70.8 Å². The van der Waals surface area contributed by atoms with Crippen LogP contribution in [0, 0.1) is 0 Å². The summed E-state index contributed by atoms with van der Waals surface area (Å²) in [4.78, 5) is 7.06. The summed E-state index contributed by atoms with van der Waals surface area (Å²) in [5, 5.41) is 1.05. The van der Waals surface area contributed by atoms with Crippen molar-refractivity contribution in [3.8, 4) is 10.6 Å². The van der Waals surface area contributed by atoms with E-state index in [1.54, 1.807) is 11.3 Å². The number of para-hydroxylation sites is 1. The summed E-state index contributed by atoms with van der Waals surface area (Å²) >= 11 is 1.72. The molecule has 7 heteroatoms. The quantitative estimate of drug-likeness (QED) is 0.618. The van der Waals surface area contributed by atoms with Gasteiger partial charge < -0.3 is 23.8 Å². The van der Waals surface area contributed by atoms with Crippen molar-refractivity contribution in [3.05, 3.63) is 48.5 Å². The molecule has 0 atom stereocenters. The molecule has 1 saturated heterocycles. The maximum Gasteiger partial charge on any atom is 0.124 e. The topological polar surface area (TPSA) is 53.1 Å². The Bertz CT molecular complexity index is 851. The Morgan fingerprint density at radius 1 is 0.667 bits per heavy atom. The summed E-state index contributed by atoms with van der Waals surface area (Å²) in [5.74, 6) is 0. The van der Waals surface area contributed by atoms with Crippen LogP contribution in [0.15, 0.2) is 48.5 Å². The van der Waals surface area contributed by atoms with E-state index >= 15 is 0 Å². The summed E-state index contributed by atoms with van der Waals surface area (Å²) in [5.41, 5.74) is 3.35. The molecule has 4 rings (SSSR count). The minimum absolute atomic E-state index is 0.594. The predicted octanol–water partition coefficient (Wildman–Crippen LogP) is 3.85. The minimum Gasteiger partial charge on any atom is -0.377 e. The third kappa shape index (κ3) is 6.00. The number of rotatable bonds is 2. The Morgan fingerprint density at radius 3 is 1.83 bits per heavy atom. The Kier molecular flexibility index (Phi) is 8.05. The normalized spacial score (nSPS) is 18.1. The number of thiazole rings is 1. The third-order valence-corrected chi connectivity index (χ3v) is 5.99. The Morgan fingerprint density at radius 2 is 1.23 bits per heavy atom. The predicted molar refractivity (Wildman–Crippen MR) is 121 cm³/mol. The number of fused-ring (bicyclic) bond motifs is 1. The van der Waals surface area contributed by atoms with Gasteiger partial charge in [0.25, 0.3) is 0 Å². The van der Waals surface area contributed by atoms with E-state index in [0.717, 1.165) is 34.9 Å². The molecule has 0 amide bonds. The van der Waals surface area contributed by atoms with Crippen molar-refractivity contribution in [1.82, 2.24) is 4.98 Å². The van der Waals surface area contributed by atoms with E-state index in [2.05, 4.69) is 47.4 Å². The van der Waals surface area contributed by atoms with E-state index < -0.39 is 0 Å². The number of nitrogens with zero attached hydrogens (tertiary/aromatic N) is 2. The fraction of sp³-hybridized carbons (Fsp3) is 0.435. The summed E-state index contributed by atoms with van der Waals surface area (Å²) in [7, 11) is 0. The zero-order valence-electron chi connectivity index (χ0n) is 17.1. The molecule has 3 aromatic rings. The second-order valence-electron chi connectivity index (χ2n) is 6.97. The van der Waals surface area contributed by atoms with Crippen LogP contribution in [-0.4, -0.2) is 70.9 Å². The monoisotopic (exact) mass is 428 g/mol. The van der Waals surface area contributed by atoms with Gasteiger partial charge in [0.1, 0.15) is 5.01 Å². The van der Waals surface area contributed by atoms with E-state index in [4.69, 9.17) is 23.9 Å². The molecule has 0 aliphatic carbocycles. The molecule has 0 N–H and O–H groups in total. The van der Waals surface area contributed by atoms with Gasteiger partial charge in [0.15, 0.2) is 0 Å². The Hall–Kier alpha value is -2.03. The first kappa shape index (κ1) is 21.2. The van der Waals surface area contributed by atoms with Gasteiger partial charge in [0.2, 0.25) is 0 Å². The number of anilines is 1. The number of aromatic nitrogens is 1. The van der Waals surface area contributed by atoms with Gasteiger partial charge in [0.05, 0.1) is 63.1 Å². The highest BCUT2D eigenvalue weighted by Gasteiger charge is 2.10. The SMILES string of the molecule is c1ccc2sc(-c3ccc(N4CCOCCOCCOCCOCC4)cc3)nc2c1. The van der Waals surface area contributed by atoms with Gasteiger partial charge in [-0.2, -0.15) is 0 Å². The molecule has 6 nitrogen and oxygen atoms in total. The second-order valence-corrected chi connectivity index (χ2v) is 8.00. The largest absolute Gasteiger partial charge is 0.377 e. The molecule has 0 radical (unpaired) electrons. The smallest absolute Gasteiger partial charge is 0.124 e. The lowest BCUT2D eigenvalue weighted by atomic mass is 10.2. The summed E-state index contributed by atoms with van der Waals surface area (Å²) in [6, 6.07) is 16.9. The fourth-order valence-corrected chi connectivity index (χ4v) is 4.26. The highest BCUT2D eigenvalue weighted by molar-refractivity contribution is 7.21. The van der Waals surface area contributed by atoms with Crippen LogP contribution in [0.5, 0.6) is 0 Å². The molecule has 0 saturated carbocycles. The second kappa shape index (κ2) is 11.4. The average molecular weight is 429 g/mol. The summed E-state index contributed by atoms with van der Waals surface area (Å²) in [6.45, 7) is 6.49. The molecule has 160 valence electrons. The van der Waals surface area contributed by atoms with Gasteiger partial charge in [-0.3, -0.25) is 0 Å². The van der Waals surface area contributed by atoms with E-state index in [-0.39, 0.29) is 0 Å². The molecule has 1 aliphatic rings. The van der Waals surface area contributed by atoms with Crippen LogP contribution < -0.4 is 4.90 Å². The van der Waals surface area contributed by atoms with Crippen LogP contribution in [0.3, 0.4) is 0 Å². The van der Waals surface area contributed by atoms with Crippen LogP contribution in [0.1, 0.15) is 0 Å². The molecule has 0 unspecified atom stereocenters. The van der Waals surface area contributed by atoms with Crippen molar-refractivity contribution in [2.24, 2.45) is 0 Å². The minimum atomic E-state index is 0.594. The molecule has 2 aromatic carbocycles. The molecular weight excluding hydrogens is 400 g/mol. The lowest BCUT2D eigenvalue weighted by Crippen LogP contribution is -2.31. The van der Waals surface area contributed by atoms with Gasteiger partial charge in [-0.25, -0.2) is 4.98 Å². The van der Waals surface area contributed by atoms with Gasteiger partial charge in [-0.05, 0) is 36.4 Å². The molecule has 1 aromatic heterocycles. The van der Waals surface area contributed by atoms with Gasteiger partial charge in [-0.15, -0.1) is 11.3 Å². The Labute approximate surface area is 181 Å². The van der Waals surface area contributed by atoms with Crippen molar-refractivity contribution in [2.45, 2.75) is 0 Å². The van der Waals surface area contributed by atoms with E-state index in [0.29, 0.717) is 52.9 Å². The highest BCUT2D eigenvalue weighted by atomic mass is 32.1. The summed E-state index contributed by atoms with van der Waals surface area (Å²) < 4.78 is 23.7. The highest BCUT2D eigenvalue weighted by Crippen LogP contribution is 2.31. The van der Waals surface area contributed by atoms with Crippen LogP contribution in [0.4, 0.5) is 5.69 Å². The number of benzene rings is 2. The number of hydrogen-bond donors (Lipinski definition) is 0. The fourth-order valence-electron chi connectivity index (χ4n) is 3.29. The first-order valence-corrected chi connectivity index (χ1v) is 11.2. The van der Waals surface area contributed by atoms with Crippen molar-refractivity contribution in [3.63, 3.8) is 0 Å². The number of hydrogen-bond acceptors (Lipinski definition) is 7. The van der Waals surface area contributed by atoms with Crippen molar-refractivity contribution in [1.29, 1.82) is 0 Å². The van der Waals surface area contributed by atoms with Crippen LogP contribution in [0.25, 0.3) is 20.8 Å². The lowest BCUT2D eigenvalue weighted by Gasteiger charge is -2.25. The van der Waals surface area contributed by atoms with E-state index in [1.807, 2.05) is 6.07 Å². The van der Waals surface area contributed by atoms with Gasteiger partial charge in [-0.1, -0.05) is 12.1 Å². The number of ether oxygens (including phenoxy) is 4. The molecule has 0 bridgehead atoms. The van der Waals surface area contributed by atoms with Gasteiger partial charge >= 0.3 is 0 Å². The molecule has 1 aliphatic heterocycles. The standard InChI is InChI=1S/C23H28N2O4S/c1-2-4-22-21(3-1)24-23(30-22)19-5-7-20(8-6-19)25-9-11-26-13-15-28-17-18-29-16-14-27-12-10-25/h1-8H,9-18H2. The molecule has 2 heterocycles. The Balaban J connectivity index is 1.41. The average Bonchev–Trinajstić information content (AvgIpc) is 3.21. The van der Waals surface area contributed by atoms with Crippen LogP contribution >= 0.6 is 11.3 Å². The van der Waals surface area contributed by atoms with E-state index in [1.165, 1.54) is 4.70 Å². The maximum atomic E-state index is 5.73. The van der Waals surface area contributed by atoms with E-state index in [9.17, 15) is 0 Å². The van der Waals surface area contributed by atoms with Gasteiger partial charge in [0, 0.05) is 24.3 Å². The van der Waals surface area contributed by atoms with Crippen LogP contribution in [-0.2, 0) is 18.9 Å². The molecule has 1 fully saturated rings. The zero-order valence-corrected chi connectivity index (χ0v) is 17.9. The van der Waals surface area contributed by atoms with Crippen molar-refractivity contribution >= 4 is 27.2 Å².